The van der Waals surface area contributed by atoms with Crippen molar-refractivity contribution in [3.8, 4) is 0 Å². The van der Waals surface area contributed by atoms with Gasteiger partial charge in [0.05, 0.1) is 30.0 Å². The topological polar surface area (TPSA) is 84.5 Å². The molecule has 0 saturated carbocycles. The van der Waals surface area contributed by atoms with Crippen LogP contribution in [0, 0.1) is 0 Å². The van der Waals surface area contributed by atoms with Crippen LogP contribution in [0.1, 0.15) is 15.9 Å². The lowest BCUT2D eigenvalue weighted by molar-refractivity contribution is -0.115. The van der Waals surface area contributed by atoms with Crippen LogP contribution in [0.15, 0.2) is 70.0 Å². The number of rotatable bonds is 8. The molecule has 0 aliphatic heterocycles. The van der Waals surface area contributed by atoms with E-state index in [4.69, 9.17) is 27.9 Å². The van der Waals surface area contributed by atoms with Gasteiger partial charge >= 0.3 is 5.97 Å². The summed E-state index contributed by atoms with van der Waals surface area (Å²) < 4.78 is 5.65. The maximum absolute atomic E-state index is 12.5. The van der Waals surface area contributed by atoms with Crippen LogP contribution in [0.25, 0.3) is 0 Å². The van der Waals surface area contributed by atoms with E-state index in [1.165, 1.54) is 31.0 Å². The first kappa shape index (κ1) is 26.1. The van der Waals surface area contributed by atoms with Gasteiger partial charge in [-0.1, -0.05) is 51.3 Å². The molecule has 2 N–H and O–H groups in total. The van der Waals surface area contributed by atoms with Crippen molar-refractivity contribution in [2.75, 3.05) is 23.5 Å². The molecule has 0 fully saturated rings. The average molecular weight is 582 g/mol. The lowest BCUT2D eigenvalue weighted by Crippen LogP contribution is -2.17. The molecular weight excluding hydrogens is 563 g/mol. The van der Waals surface area contributed by atoms with Crippen molar-refractivity contribution < 1.29 is 19.1 Å². The van der Waals surface area contributed by atoms with Gasteiger partial charge in [0, 0.05) is 20.1 Å². The van der Waals surface area contributed by atoms with E-state index in [1.54, 1.807) is 12.1 Å². The molecule has 34 heavy (non-hydrogen) atoms. The fourth-order valence-corrected chi connectivity index (χ4v) is 4.70. The number of hydrogen-bond donors (Lipinski definition) is 2. The largest absolute Gasteiger partial charge is 0.465 e. The molecule has 0 atom stereocenters. The first-order chi connectivity index (χ1) is 16.2. The average Bonchev–Trinajstić information content (AvgIpc) is 2.78. The minimum Gasteiger partial charge on any atom is -0.465 e. The zero-order valence-corrected chi connectivity index (χ0v) is 21.8. The normalized spacial score (nSPS) is 10.5. The number of carbonyl (C=O) groups excluding carboxylic acids is 3. The second-order valence-corrected chi connectivity index (χ2v) is 9.83. The third-order valence-corrected chi connectivity index (χ3v) is 6.50. The number of nitrogens with one attached hydrogen (secondary N) is 2. The molecule has 10 heteroatoms. The fourth-order valence-electron chi connectivity index (χ4n) is 2.99. The Morgan fingerprint density at radius 3 is 2.38 bits per heavy atom. The molecule has 0 heterocycles. The van der Waals surface area contributed by atoms with Crippen molar-refractivity contribution in [3.63, 3.8) is 0 Å². The molecule has 6 nitrogen and oxygen atoms in total. The summed E-state index contributed by atoms with van der Waals surface area (Å²) in [6.45, 7) is 0. The van der Waals surface area contributed by atoms with Crippen molar-refractivity contribution in [1.29, 1.82) is 0 Å². The number of ether oxygens (including phenoxy) is 1. The number of thioether (sulfide) groups is 1. The number of carbonyl (C=O) groups is 3. The maximum Gasteiger partial charge on any atom is 0.341 e. The monoisotopic (exact) mass is 580 g/mol. The Balaban J connectivity index is 1.55. The zero-order valence-electron chi connectivity index (χ0n) is 17.9. The van der Waals surface area contributed by atoms with E-state index in [2.05, 4.69) is 26.6 Å². The number of anilines is 2. The Bertz CT molecular complexity index is 1220. The Morgan fingerprint density at radius 1 is 0.971 bits per heavy atom. The van der Waals surface area contributed by atoms with Crippen molar-refractivity contribution >= 4 is 80.1 Å². The van der Waals surface area contributed by atoms with E-state index in [-0.39, 0.29) is 45.3 Å². The summed E-state index contributed by atoms with van der Waals surface area (Å²) in [6.07, 6.45) is 0.261. The van der Waals surface area contributed by atoms with Gasteiger partial charge in [-0.05, 0) is 54.1 Å². The van der Waals surface area contributed by atoms with Gasteiger partial charge in [0.15, 0.2) is 0 Å². The molecule has 0 unspecified atom stereocenters. The van der Waals surface area contributed by atoms with Crippen molar-refractivity contribution in [1.82, 2.24) is 0 Å². The van der Waals surface area contributed by atoms with Crippen LogP contribution >= 0.6 is 50.9 Å². The third kappa shape index (κ3) is 7.50. The number of hydrogen-bond acceptors (Lipinski definition) is 5. The van der Waals surface area contributed by atoms with Gasteiger partial charge in [-0.15, -0.1) is 11.8 Å². The highest BCUT2D eigenvalue weighted by Crippen LogP contribution is 2.30. The zero-order chi connectivity index (χ0) is 24.7. The Morgan fingerprint density at radius 2 is 1.71 bits per heavy atom. The summed E-state index contributed by atoms with van der Waals surface area (Å²) in [5.41, 5.74) is 1.78. The molecule has 0 spiro atoms. The molecule has 0 aromatic heterocycles. The molecule has 3 aromatic carbocycles. The molecule has 0 bridgehead atoms. The Labute approximate surface area is 219 Å². The highest BCUT2D eigenvalue weighted by atomic mass is 79.9. The molecule has 0 aliphatic rings. The Kier molecular flexibility index (Phi) is 9.41. The van der Waals surface area contributed by atoms with Gasteiger partial charge in [0.2, 0.25) is 11.8 Å². The number of methoxy groups -OCH3 is 1. The van der Waals surface area contributed by atoms with Crippen LogP contribution in [0.3, 0.4) is 0 Å². The van der Waals surface area contributed by atoms with Gasteiger partial charge < -0.3 is 15.4 Å². The molecule has 0 saturated heterocycles. The Hall–Kier alpha value is -2.52. The molecule has 3 rings (SSSR count). The highest BCUT2D eigenvalue weighted by molar-refractivity contribution is 9.10. The predicted molar refractivity (Wildman–Crippen MR) is 140 cm³/mol. The highest BCUT2D eigenvalue weighted by Gasteiger charge is 2.19. The van der Waals surface area contributed by atoms with Gasteiger partial charge in [-0.25, -0.2) is 4.79 Å². The van der Waals surface area contributed by atoms with Crippen molar-refractivity contribution in [2.24, 2.45) is 0 Å². The third-order valence-electron chi connectivity index (χ3n) is 4.48. The second-order valence-electron chi connectivity index (χ2n) is 7.02. The number of esters is 1. The standard InChI is InChI=1S/C24H19BrCl2N2O4S/c1-33-24(32)23-19(27)11-16(26)12-20(23)29-22(31)13-34-18-7-5-17(6-8-18)28-21(30)10-14-3-2-4-15(25)9-14/h2-9,11-12H,10,13H2,1H3,(H,28,30)(H,29,31). The smallest absolute Gasteiger partial charge is 0.341 e. The van der Waals surface area contributed by atoms with Crippen molar-refractivity contribution in [3.05, 3.63) is 86.3 Å². The van der Waals surface area contributed by atoms with Gasteiger partial charge in [0.1, 0.15) is 5.56 Å². The summed E-state index contributed by atoms with van der Waals surface area (Å²) in [5, 5.41) is 5.87. The summed E-state index contributed by atoms with van der Waals surface area (Å²) in [4.78, 5) is 37.6. The van der Waals surface area contributed by atoms with Crippen LogP contribution in [-0.4, -0.2) is 30.6 Å². The number of amides is 2. The van der Waals surface area contributed by atoms with Crippen molar-refractivity contribution in [2.45, 2.75) is 11.3 Å². The van der Waals surface area contributed by atoms with Gasteiger partial charge in [-0.2, -0.15) is 0 Å². The molecule has 0 radical (unpaired) electrons. The summed E-state index contributed by atoms with van der Waals surface area (Å²) >= 11 is 16.8. The molecule has 176 valence electrons. The first-order valence-electron chi connectivity index (χ1n) is 9.89. The van der Waals surface area contributed by atoms with Gasteiger partial charge in [0.25, 0.3) is 0 Å². The van der Waals surface area contributed by atoms with E-state index < -0.39 is 5.97 Å². The summed E-state index contributed by atoms with van der Waals surface area (Å²) in [5.74, 6) is -1.07. The lowest BCUT2D eigenvalue weighted by atomic mass is 10.1. The van der Waals surface area contributed by atoms with E-state index in [9.17, 15) is 14.4 Å². The summed E-state index contributed by atoms with van der Waals surface area (Å²) in [7, 11) is 1.22. The van der Waals surface area contributed by atoms with E-state index in [0.717, 1.165) is 14.9 Å². The minimum absolute atomic E-state index is 0.0369. The molecule has 0 aliphatic carbocycles. The number of benzene rings is 3. The van der Waals surface area contributed by atoms with E-state index in [0.29, 0.717) is 5.69 Å². The SMILES string of the molecule is COC(=O)c1c(Cl)cc(Cl)cc1NC(=O)CSc1ccc(NC(=O)Cc2cccc(Br)c2)cc1. The van der Waals surface area contributed by atoms with Crippen LogP contribution in [0.5, 0.6) is 0 Å². The minimum atomic E-state index is -0.679. The lowest BCUT2D eigenvalue weighted by Gasteiger charge is -2.12. The fraction of sp³-hybridized carbons (Fsp3) is 0.125. The van der Waals surface area contributed by atoms with Gasteiger partial charge in [-0.3, -0.25) is 9.59 Å². The quantitative estimate of drug-likeness (QED) is 0.236. The molecule has 3 aromatic rings. The second kappa shape index (κ2) is 12.3. The van der Waals surface area contributed by atoms with Crippen LogP contribution in [0.4, 0.5) is 11.4 Å². The summed E-state index contributed by atoms with van der Waals surface area (Å²) in [6, 6.07) is 17.6. The number of halogens is 3. The molecule has 2 amide bonds. The van der Waals surface area contributed by atoms with Crippen LogP contribution in [-0.2, 0) is 20.7 Å². The van der Waals surface area contributed by atoms with E-state index >= 15 is 0 Å². The van der Waals surface area contributed by atoms with Crippen LogP contribution < -0.4 is 10.6 Å². The first-order valence-corrected chi connectivity index (χ1v) is 12.4. The predicted octanol–water partition coefficient (Wildman–Crippen LogP) is 6.45. The molecular formula is C24H19BrCl2N2O4S. The van der Waals surface area contributed by atoms with E-state index in [1.807, 2.05) is 36.4 Å². The maximum atomic E-state index is 12.5. The van der Waals surface area contributed by atoms with Crippen LogP contribution in [0.2, 0.25) is 10.0 Å².